The minimum absolute atomic E-state index is 0.135. The van der Waals surface area contributed by atoms with Crippen LogP contribution < -0.4 is 15.2 Å². The molecule has 4 nitrogen and oxygen atoms in total. The van der Waals surface area contributed by atoms with Gasteiger partial charge in [0.2, 0.25) is 0 Å². The Morgan fingerprint density at radius 2 is 1.90 bits per heavy atom. The van der Waals surface area contributed by atoms with E-state index in [0.29, 0.717) is 19.8 Å². The molecule has 0 radical (unpaired) electrons. The summed E-state index contributed by atoms with van der Waals surface area (Å²) in [6.07, 6.45) is 4.33. The molecule has 0 spiro atoms. The summed E-state index contributed by atoms with van der Waals surface area (Å²) in [4.78, 5) is 0. The molecule has 21 heavy (non-hydrogen) atoms. The van der Waals surface area contributed by atoms with Crippen LogP contribution in [0.3, 0.4) is 0 Å². The number of hydrogen-bond acceptors (Lipinski definition) is 4. The van der Waals surface area contributed by atoms with Gasteiger partial charge in [0, 0.05) is 12.0 Å². The summed E-state index contributed by atoms with van der Waals surface area (Å²) in [5.41, 5.74) is 5.72. The predicted octanol–water partition coefficient (Wildman–Crippen LogP) is 2.59. The molecular weight excluding hydrogens is 266 g/mol. The van der Waals surface area contributed by atoms with Crippen LogP contribution in [0.25, 0.3) is 0 Å². The fourth-order valence-electron chi connectivity index (χ4n) is 2.65. The monoisotopic (exact) mass is 293 g/mol. The molecule has 1 saturated carbocycles. The predicted molar refractivity (Wildman–Crippen MR) is 83.6 cm³/mol. The summed E-state index contributed by atoms with van der Waals surface area (Å²) in [5.74, 6) is 2.27. The molecule has 0 heterocycles. The summed E-state index contributed by atoms with van der Waals surface area (Å²) in [5, 5.41) is 9.73. The molecule has 1 aromatic carbocycles. The Labute approximate surface area is 127 Å². The van der Waals surface area contributed by atoms with Crippen LogP contribution in [0.5, 0.6) is 11.5 Å². The highest BCUT2D eigenvalue weighted by molar-refractivity contribution is 5.39. The smallest absolute Gasteiger partial charge is 0.161 e. The number of hydrogen-bond donors (Lipinski definition) is 2. The van der Waals surface area contributed by atoms with Crippen LogP contribution in [-0.2, 0) is 0 Å². The molecule has 4 heteroatoms. The SMILES string of the molecule is CCOc1ccccc1OCCC(CN)(CO)CC1CC1. The zero-order valence-corrected chi connectivity index (χ0v) is 12.9. The quantitative estimate of drug-likeness (QED) is 0.696. The van der Waals surface area contributed by atoms with E-state index in [1.165, 1.54) is 12.8 Å². The van der Waals surface area contributed by atoms with Gasteiger partial charge in [-0.1, -0.05) is 25.0 Å². The molecule has 1 atom stereocenters. The van der Waals surface area contributed by atoms with E-state index in [9.17, 15) is 5.11 Å². The maximum absolute atomic E-state index is 9.73. The summed E-state index contributed by atoms with van der Waals surface area (Å²) >= 11 is 0. The van der Waals surface area contributed by atoms with Gasteiger partial charge in [0.1, 0.15) is 0 Å². The highest BCUT2D eigenvalue weighted by Crippen LogP contribution is 2.41. The number of rotatable bonds is 10. The summed E-state index contributed by atoms with van der Waals surface area (Å²) < 4.78 is 11.4. The van der Waals surface area contributed by atoms with Crippen molar-refractivity contribution < 1.29 is 14.6 Å². The number of benzene rings is 1. The number of para-hydroxylation sites is 2. The van der Waals surface area contributed by atoms with Gasteiger partial charge in [0.15, 0.2) is 11.5 Å². The molecule has 0 bridgehead atoms. The third-order valence-corrected chi connectivity index (χ3v) is 4.23. The lowest BCUT2D eigenvalue weighted by molar-refractivity contribution is 0.0875. The van der Waals surface area contributed by atoms with Gasteiger partial charge in [-0.05, 0) is 37.8 Å². The number of nitrogens with two attached hydrogens (primary N) is 1. The fourth-order valence-corrected chi connectivity index (χ4v) is 2.65. The van der Waals surface area contributed by atoms with Gasteiger partial charge in [0.05, 0.1) is 19.8 Å². The van der Waals surface area contributed by atoms with Crippen LogP contribution in [0.4, 0.5) is 0 Å². The molecular formula is C17H27NO3. The van der Waals surface area contributed by atoms with Crippen molar-refractivity contribution >= 4 is 0 Å². The zero-order chi connectivity index (χ0) is 15.1. The molecule has 2 rings (SSSR count). The van der Waals surface area contributed by atoms with Gasteiger partial charge >= 0.3 is 0 Å². The lowest BCUT2D eigenvalue weighted by Gasteiger charge is -2.30. The summed E-state index contributed by atoms with van der Waals surface area (Å²) in [6, 6.07) is 7.69. The molecule has 1 aliphatic carbocycles. The van der Waals surface area contributed by atoms with Crippen LogP contribution >= 0.6 is 0 Å². The minimum atomic E-state index is -0.193. The lowest BCUT2D eigenvalue weighted by Crippen LogP contribution is -2.36. The Kier molecular flexibility index (Phi) is 5.88. The van der Waals surface area contributed by atoms with Crippen LogP contribution in [0.2, 0.25) is 0 Å². The largest absolute Gasteiger partial charge is 0.490 e. The number of aliphatic hydroxyl groups is 1. The Morgan fingerprint density at radius 1 is 1.24 bits per heavy atom. The molecule has 1 fully saturated rings. The van der Waals surface area contributed by atoms with E-state index >= 15 is 0 Å². The Hall–Kier alpha value is -1.26. The van der Waals surface area contributed by atoms with E-state index in [2.05, 4.69) is 0 Å². The van der Waals surface area contributed by atoms with Crippen molar-refractivity contribution in [2.24, 2.45) is 17.1 Å². The second-order valence-corrected chi connectivity index (χ2v) is 5.99. The molecule has 3 N–H and O–H groups in total. The molecule has 1 unspecified atom stereocenters. The van der Waals surface area contributed by atoms with E-state index in [4.69, 9.17) is 15.2 Å². The second kappa shape index (κ2) is 7.66. The molecule has 0 amide bonds. The standard InChI is InChI=1S/C17H27NO3/c1-2-20-15-5-3-4-6-16(15)21-10-9-17(12-18,13-19)11-14-7-8-14/h3-6,14,19H,2,7-13,18H2,1H3. The first kappa shape index (κ1) is 16.1. The van der Waals surface area contributed by atoms with E-state index in [-0.39, 0.29) is 12.0 Å². The summed E-state index contributed by atoms with van der Waals surface area (Å²) in [6.45, 7) is 3.77. The maximum atomic E-state index is 9.73. The first-order chi connectivity index (χ1) is 10.2. The first-order valence-electron chi connectivity index (χ1n) is 7.88. The average molecular weight is 293 g/mol. The molecule has 0 aliphatic heterocycles. The Morgan fingerprint density at radius 3 is 2.43 bits per heavy atom. The maximum Gasteiger partial charge on any atom is 0.161 e. The minimum Gasteiger partial charge on any atom is -0.490 e. The van der Waals surface area contributed by atoms with Gasteiger partial charge in [-0.25, -0.2) is 0 Å². The normalized spacial score (nSPS) is 17.3. The zero-order valence-electron chi connectivity index (χ0n) is 12.9. The van der Waals surface area contributed by atoms with Crippen LogP contribution in [0, 0.1) is 11.3 Å². The Balaban J connectivity index is 1.89. The van der Waals surface area contributed by atoms with Crippen molar-refractivity contribution in [1.82, 2.24) is 0 Å². The van der Waals surface area contributed by atoms with Crippen LogP contribution in [0.15, 0.2) is 24.3 Å². The topological polar surface area (TPSA) is 64.7 Å². The lowest BCUT2D eigenvalue weighted by atomic mass is 9.80. The van der Waals surface area contributed by atoms with Gasteiger partial charge in [-0.3, -0.25) is 0 Å². The molecule has 118 valence electrons. The third kappa shape index (κ3) is 4.61. The van der Waals surface area contributed by atoms with Crippen molar-refractivity contribution in [2.45, 2.75) is 32.6 Å². The van der Waals surface area contributed by atoms with Gasteiger partial charge in [-0.2, -0.15) is 0 Å². The highest BCUT2D eigenvalue weighted by atomic mass is 16.5. The third-order valence-electron chi connectivity index (χ3n) is 4.23. The van der Waals surface area contributed by atoms with E-state index in [0.717, 1.165) is 30.3 Å². The van der Waals surface area contributed by atoms with Gasteiger partial charge in [0.25, 0.3) is 0 Å². The molecule has 1 aromatic rings. The first-order valence-corrected chi connectivity index (χ1v) is 7.88. The van der Waals surface area contributed by atoms with Crippen molar-refractivity contribution in [1.29, 1.82) is 0 Å². The van der Waals surface area contributed by atoms with E-state index < -0.39 is 0 Å². The van der Waals surface area contributed by atoms with E-state index in [1.54, 1.807) is 0 Å². The van der Waals surface area contributed by atoms with Crippen LogP contribution in [-0.4, -0.2) is 31.5 Å². The van der Waals surface area contributed by atoms with Crippen molar-refractivity contribution in [3.63, 3.8) is 0 Å². The van der Waals surface area contributed by atoms with E-state index in [1.807, 2.05) is 31.2 Å². The van der Waals surface area contributed by atoms with Gasteiger partial charge in [-0.15, -0.1) is 0 Å². The fraction of sp³-hybridized carbons (Fsp3) is 0.647. The van der Waals surface area contributed by atoms with Crippen molar-refractivity contribution in [3.8, 4) is 11.5 Å². The average Bonchev–Trinajstić information content (AvgIpc) is 3.32. The van der Waals surface area contributed by atoms with Crippen molar-refractivity contribution in [2.75, 3.05) is 26.4 Å². The molecule has 0 aromatic heterocycles. The highest BCUT2D eigenvalue weighted by Gasteiger charge is 2.35. The second-order valence-electron chi connectivity index (χ2n) is 5.99. The van der Waals surface area contributed by atoms with Crippen molar-refractivity contribution in [3.05, 3.63) is 24.3 Å². The number of ether oxygens (including phenoxy) is 2. The number of aliphatic hydroxyl groups excluding tert-OH is 1. The molecule has 1 aliphatic rings. The Bertz CT molecular complexity index is 428. The summed E-state index contributed by atoms with van der Waals surface area (Å²) in [7, 11) is 0. The van der Waals surface area contributed by atoms with Gasteiger partial charge < -0.3 is 20.3 Å². The molecule has 0 saturated heterocycles. The van der Waals surface area contributed by atoms with Crippen LogP contribution in [0.1, 0.15) is 32.6 Å².